The highest BCUT2D eigenvalue weighted by molar-refractivity contribution is 5.07. The van der Waals surface area contributed by atoms with Crippen LogP contribution in [-0.2, 0) is 0 Å². The first kappa shape index (κ1) is 12.7. The molecule has 0 amide bonds. The summed E-state index contributed by atoms with van der Waals surface area (Å²) in [5.74, 6) is 1.32. The number of hydrogen-bond donors (Lipinski definition) is 2. The molecule has 3 N–H and O–H groups in total. The zero-order chi connectivity index (χ0) is 11.1. The molecule has 2 nitrogen and oxygen atoms in total. The molecule has 2 heteroatoms. The lowest BCUT2D eigenvalue weighted by atomic mass is 9.96. The molecule has 0 spiro atoms. The third-order valence-electron chi connectivity index (χ3n) is 3.41. The lowest BCUT2D eigenvalue weighted by Gasteiger charge is -2.19. The first-order valence-corrected chi connectivity index (χ1v) is 6.32. The van der Waals surface area contributed by atoms with Crippen LogP contribution >= 0.6 is 0 Å². The second kappa shape index (κ2) is 7.02. The molecule has 0 fully saturated rings. The van der Waals surface area contributed by atoms with Crippen LogP contribution in [0.15, 0.2) is 11.6 Å². The van der Waals surface area contributed by atoms with E-state index in [1.807, 2.05) is 0 Å². The minimum atomic E-state index is 0.627. The van der Waals surface area contributed by atoms with Gasteiger partial charge in [0, 0.05) is 0 Å². The van der Waals surface area contributed by atoms with E-state index in [-0.39, 0.29) is 0 Å². The van der Waals surface area contributed by atoms with Gasteiger partial charge in [-0.3, -0.25) is 0 Å². The molecule has 1 rings (SSSR count). The van der Waals surface area contributed by atoms with Crippen molar-refractivity contribution in [3.8, 4) is 0 Å². The van der Waals surface area contributed by atoms with Crippen LogP contribution in [0.4, 0.5) is 0 Å². The van der Waals surface area contributed by atoms with Crippen LogP contribution in [0, 0.1) is 11.8 Å². The van der Waals surface area contributed by atoms with Crippen LogP contribution in [0.25, 0.3) is 0 Å². The molecule has 0 aromatic carbocycles. The number of allylic oxidation sites excluding steroid dienone is 1. The van der Waals surface area contributed by atoms with Crippen molar-refractivity contribution in [3.63, 3.8) is 0 Å². The maximum absolute atomic E-state index is 5.73. The molecule has 1 aliphatic carbocycles. The van der Waals surface area contributed by atoms with Gasteiger partial charge in [-0.25, -0.2) is 0 Å². The van der Waals surface area contributed by atoms with Gasteiger partial charge < -0.3 is 11.1 Å². The number of nitrogens with one attached hydrogen (secondary N) is 1. The molecule has 1 unspecified atom stereocenters. The second-order valence-electron chi connectivity index (χ2n) is 4.95. The fourth-order valence-corrected chi connectivity index (χ4v) is 2.09. The zero-order valence-electron chi connectivity index (χ0n) is 10.3. The maximum Gasteiger partial charge on any atom is -0.000588 e. The predicted octanol–water partition coefficient (Wildman–Crippen LogP) is 2.31. The topological polar surface area (TPSA) is 38.0 Å². The van der Waals surface area contributed by atoms with E-state index in [4.69, 9.17) is 5.73 Å². The van der Waals surface area contributed by atoms with E-state index in [0.29, 0.717) is 11.8 Å². The van der Waals surface area contributed by atoms with E-state index in [1.54, 1.807) is 5.57 Å². The van der Waals surface area contributed by atoms with Crippen molar-refractivity contribution in [2.75, 3.05) is 19.6 Å². The number of hydrogen-bond acceptors (Lipinski definition) is 2. The summed E-state index contributed by atoms with van der Waals surface area (Å²) in [6.07, 6.45) is 7.63. The van der Waals surface area contributed by atoms with Crippen molar-refractivity contribution in [2.24, 2.45) is 17.6 Å². The van der Waals surface area contributed by atoms with Gasteiger partial charge in [0.25, 0.3) is 0 Å². The molecular weight excluding hydrogens is 184 g/mol. The van der Waals surface area contributed by atoms with E-state index in [2.05, 4.69) is 25.2 Å². The summed E-state index contributed by atoms with van der Waals surface area (Å²) in [6, 6.07) is 0. The van der Waals surface area contributed by atoms with Crippen molar-refractivity contribution in [2.45, 2.75) is 39.5 Å². The average Bonchev–Trinajstić information content (AvgIpc) is 2.70. The van der Waals surface area contributed by atoms with Crippen molar-refractivity contribution >= 4 is 0 Å². The second-order valence-corrected chi connectivity index (χ2v) is 4.95. The lowest BCUT2D eigenvalue weighted by molar-refractivity contribution is 0.372. The lowest BCUT2D eigenvalue weighted by Crippen LogP contribution is -2.32. The Labute approximate surface area is 94.3 Å². The van der Waals surface area contributed by atoms with Gasteiger partial charge in [-0.15, -0.1) is 0 Å². The van der Waals surface area contributed by atoms with Gasteiger partial charge in [0.2, 0.25) is 0 Å². The Balaban J connectivity index is 2.04. The minimum absolute atomic E-state index is 0.627. The molecule has 0 heterocycles. The zero-order valence-corrected chi connectivity index (χ0v) is 10.3. The highest BCUT2D eigenvalue weighted by Crippen LogP contribution is 2.19. The van der Waals surface area contributed by atoms with E-state index in [0.717, 1.165) is 19.6 Å². The van der Waals surface area contributed by atoms with E-state index in [1.165, 1.54) is 25.7 Å². The quantitative estimate of drug-likeness (QED) is 0.500. The van der Waals surface area contributed by atoms with Crippen LogP contribution in [-0.4, -0.2) is 19.6 Å². The van der Waals surface area contributed by atoms with Gasteiger partial charge in [-0.2, -0.15) is 0 Å². The Kier molecular flexibility index (Phi) is 5.96. The third-order valence-corrected chi connectivity index (χ3v) is 3.41. The molecule has 0 radical (unpaired) electrons. The summed E-state index contributed by atoms with van der Waals surface area (Å²) in [4.78, 5) is 0. The molecule has 0 aromatic heterocycles. The Morgan fingerprint density at radius 3 is 2.80 bits per heavy atom. The van der Waals surface area contributed by atoms with E-state index < -0.39 is 0 Å². The Morgan fingerprint density at radius 2 is 2.27 bits per heavy atom. The smallest absolute Gasteiger partial charge is 0.000588 e. The average molecular weight is 210 g/mol. The minimum Gasteiger partial charge on any atom is -0.330 e. The summed E-state index contributed by atoms with van der Waals surface area (Å²) in [5.41, 5.74) is 7.38. The summed E-state index contributed by atoms with van der Waals surface area (Å²) < 4.78 is 0. The summed E-state index contributed by atoms with van der Waals surface area (Å²) in [6.45, 7) is 7.49. The standard InChI is InChI=1S/C13H26N2/c1-11(2)13(9-14)10-15-8-7-12-5-3-4-6-12/h5,11,13,15H,3-4,6-10,14H2,1-2H3. The fourth-order valence-electron chi connectivity index (χ4n) is 2.09. The Morgan fingerprint density at radius 1 is 1.47 bits per heavy atom. The Hall–Kier alpha value is -0.340. The highest BCUT2D eigenvalue weighted by atomic mass is 14.9. The third kappa shape index (κ3) is 4.80. The summed E-state index contributed by atoms with van der Waals surface area (Å²) in [7, 11) is 0. The van der Waals surface area contributed by atoms with E-state index >= 15 is 0 Å². The van der Waals surface area contributed by atoms with Gasteiger partial charge in [-0.1, -0.05) is 25.5 Å². The molecular formula is C13H26N2. The predicted molar refractivity (Wildman–Crippen MR) is 66.8 cm³/mol. The Bertz CT molecular complexity index is 197. The number of nitrogens with two attached hydrogens (primary N) is 1. The van der Waals surface area contributed by atoms with Crippen LogP contribution < -0.4 is 11.1 Å². The SMILES string of the molecule is CC(C)C(CN)CNCCC1=CCCC1. The molecule has 1 atom stereocenters. The molecule has 0 aliphatic heterocycles. The summed E-state index contributed by atoms with van der Waals surface area (Å²) >= 11 is 0. The van der Waals surface area contributed by atoms with Crippen LogP contribution in [0.5, 0.6) is 0 Å². The highest BCUT2D eigenvalue weighted by Gasteiger charge is 2.10. The van der Waals surface area contributed by atoms with Crippen LogP contribution in [0.3, 0.4) is 0 Å². The number of rotatable bonds is 7. The fraction of sp³-hybridized carbons (Fsp3) is 0.846. The molecule has 0 aromatic rings. The first-order chi connectivity index (χ1) is 7.24. The maximum atomic E-state index is 5.73. The van der Waals surface area contributed by atoms with Crippen LogP contribution in [0.1, 0.15) is 39.5 Å². The van der Waals surface area contributed by atoms with Gasteiger partial charge >= 0.3 is 0 Å². The summed E-state index contributed by atoms with van der Waals surface area (Å²) in [5, 5.41) is 3.52. The normalized spacial score (nSPS) is 18.3. The van der Waals surface area contributed by atoms with E-state index in [9.17, 15) is 0 Å². The van der Waals surface area contributed by atoms with Gasteiger partial charge in [-0.05, 0) is 57.2 Å². The largest absolute Gasteiger partial charge is 0.330 e. The van der Waals surface area contributed by atoms with Gasteiger partial charge in [0.1, 0.15) is 0 Å². The van der Waals surface area contributed by atoms with Crippen LogP contribution in [0.2, 0.25) is 0 Å². The monoisotopic (exact) mass is 210 g/mol. The molecule has 0 bridgehead atoms. The molecule has 1 aliphatic rings. The first-order valence-electron chi connectivity index (χ1n) is 6.32. The van der Waals surface area contributed by atoms with Crippen molar-refractivity contribution in [3.05, 3.63) is 11.6 Å². The van der Waals surface area contributed by atoms with Crippen molar-refractivity contribution < 1.29 is 0 Å². The molecule has 15 heavy (non-hydrogen) atoms. The van der Waals surface area contributed by atoms with Crippen molar-refractivity contribution in [1.82, 2.24) is 5.32 Å². The van der Waals surface area contributed by atoms with Gasteiger partial charge in [0.05, 0.1) is 0 Å². The molecule has 88 valence electrons. The van der Waals surface area contributed by atoms with Gasteiger partial charge in [0.15, 0.2) is 0 Å². The van der Waals surface area contributed by atoms with Crippen molar-refractivity contribution in [1.29, 1.82) is 0 Å². The molecule has 0 saturated carbocycles. The molecule has 0 saturated heterocycles.